The van der Waals surface area contributed by atoms with E-state index in [1.54, 1.807) is 12.3 Å². The highest BCUT2D eigenvalue weighted by atomic mass is 16.3. The number of piperidine rings is 1. The van der Waals surface area contributed by atoms with Gasteiger partial charge in [-0.15, -0.1) is 0 Å². The number of aliphatic hydroxyl groups excluding tert-OH is 1. The summed E-state index contributed by atoms with van der Waals surface area (Å²) in [7, 11) is 0. The van der Waals surface area contributed by atoms with Crippen molar-refractivity contribution in [2.24, 2.45) is 5.41 Å². The zero-order valence-electron chi connectivity index (χ0n) is 15.1. The maximum atomic E-state index is 13.3. The van der Waals surface area contributed by atoms with Crippen LogP contribution in [0.2, 0.25) is 0 Å². The van der Waals surface area contributed by atoms with Crippen LogP contribution in [0.25, 0.3) is 0 Å². The molecule has 0 radical (unpaired) electrons. The molecule has 1 aliphatic carbocycles. The number of anilines is 1. The van der Waals surface area contributed by atoms with E-state index in [-0.39, 0.29) is 11.5 Å². The third kappa shape index (κ3) is 3.05. The zero-order chi connectivity index (χ0) is 18.1. The summed E-state index contributed by atoms with van der Waals surface area (Å²) in [6.07, 6.45) is 7.73. The average molecular weight is 354 g/mol. The Morgan fingerprint density at radius 2 is 2.04 bits per heavy atom. The van der Waals surface area contributed by atoms with Gasteiger partial charge in [-0.25, -0.2) is 4.98 Å². The number of carbonyl (C=O) groups excluding carboxylic acids is 1. The summed E-state index contributed by atoms with van der Waals surface area (Å²) in [6.45, 7) is 2.41. The molecule has 1 amide bonds. The summed E-state index contributed by atoms with van der Waals surface area (Å²) >= 11 is 0. The first kappa shape index (κ1) is 17.3. The van der Waals surface area contributed by atoms with Crippen LogP contribution >= 0.6 is 0 Å². The van der Waals surface area contributed by atoms with Gasteiger partial charge in [0.1, 0.15) is 5.82 Å². The van der Waals surface area contributed by atoms with E-state index in [1.165, 1.54) is 0 Å². The molecule has 1 aromatic heterocycles. The largest absolute Gasteiger partial charge is 0.393 e. The molecule has 3 heterocycles. The summed E-state index contributed by atoms with van der Waals surface area (Å²) < 4.78 is 0. The Morgan fingerprint density at radius 1 is 1.23 bits per heavy atom. The monoisotopic (exact) mass is 354 g/mol. The first-order valence-corrected chi connectivity index (χ1v) is 9.71. The Hall–Kier alpha value is -2.13. The maximum Gasteiger partial charge on any atom is 0.230 e. The lowest BCUT2D eigenvalue weighted by atomic mass is 9.78. The van der Waals surface area contributed by atoms with E-state index < -0.39 is 0 Å². The fourth-order valence-corrected chi connectivity index (χ4v) is 4.93. The van der Waals surface area contributed by atoms with E-state index >= 15 is 0 Å². The number of aliphatic hydroxyl groups is 1. The SMILES string of the molecule is N#Cc1ccnc(N2CCC[C@@]3(CCN([C@H]4CC[C@H](O)CC4)C3=O)C2)c1. The predicted octanol–water partition coefficient (Wildman–Crippen LogP) is 2.08. The molecule has 6 nitrogen and oxygen atoms in total. The van der Waals surface area contributed by atoms with E-state index in [0.29, 0.717) is 24.1 Å². The van der Waals surface area contributed by atoms with Crippen LogP contribution < -0.4 is 4.90 Å². The van der Waals surface area contributed by atoms with Crippen LogP contribution in [0.4, 0.5) is 5.82 Å². The Bertz CT molecular complexity index is 723. The molecule has 0 bridgehead atoms. The number of carbonyl (C=O) groups is 1. The number of hydrogen-bond acceptors (Lipinski definition) is 5. The number of nitrogens with zero attached hydrogens (tertiary/aromatic N) is 4. The van der Waals surface area contributed by atoms with Gasteiger partial charge in [-0.05, 0) is 57.1 Å². The molecular weight excluding hydrogens is 328 g/mol. The molecule has 2 saturated heterocycles. The number of hydrogen-bond donors (Lipinski definition) is 1. The average Bonchev–Trinajstić information content (AvgIpc) is 2.98. The minimum Gasteiger partial charge on any atom is -0.393 e. The van der Waals surface area contributed by atoms with Crippen LogP contribution in [-0.4, -0.2) is 52.7 Å². The smallest absolute Gasteiger partial charge is 0.230 e. The molecule has 138 valence electrons. The molecule has 2 aliphatic heterocycles. The van der Waals surface area contributed by atoms with Crippen molar-refractivity contribution < 1.29 is 9.90 Å². The number of nitriles is 1. The molecule has 3 fully saturated rings. The topological polar surface area (TPSA) is 80.5 Å². The van der Waals surface area contributed by atoms with Crippen molar-refractivity contribution in [1.29, 1.82) is 5.26 Å². The number of pyridine rings is 1. The molecule has 4 rings (SSSR count). The zero-order valence-corrected chi connectivity index (χ0v) is 15.1. The van der Waals surface area contributed by atoms with Gasteiger partial charge >= 0.3 is 0 Å². The summed E-state index contributed by atoms with van der Waals surface area (Å²) in [4.78, 5) is 22.0. The number of likely N-dealkylation sites (tertiary alicyclic amines) is 1. The predicted molar refractivity (Wildman–Crippen MR) is 97.4 cm³/mol. The van der Waals surface area contributed by atoms with Crippen LogP contribution in [0.15, 0.2) is 18.3 Å². The molecule has 1 aromatic rings. The lowest BCUT2D eigenvalue weighted by Crippen LogP contribution is -2.50. The van der Waals surface area contributed by atoms with Gasteiger partial charge in [0.05, 0.1) is 23.2 Å². The molecule has 0 unspecified atom stereocenters. The Labute approximate surface area is 154 Å². The van der Waals surface area contributed by atoms with Crippen molar-refractivity contribution in [3.05, 3.63) is 23.9 Å². The highest BCUT2D eigenvalue weighted by molar-refractivity contribution is 5.86. The van der Waals surface area contributed by atoms with E-state index in [9.17, 15) is 9.90 Å². The molecule has 1 N–H and O–H groups in total. The maximum absolute atomic E-state index is 13.3. The highest BCUT2D eigenvalue weighted by Gasteiger charge is 2.50. The van der Waals surface area contributed by atoms with Gasteiger partial charge in [-0.3, -0.25) is 4.79 Å². The van der Waals surface area contributed by atoms with Gasteiger partial charge in [-0.2, -0.15) is 5.26 Å². The van der Waals surface area contributed by atoms with E-state index in [0.717, 1.165) is 63.9 Å². The van der Waals surface area contributed by atoms with Crippen molar-refractivity contribution >= 4 is 11.7 Å². The second-order valence-electron chi connectivity index (χ2n) is 8.03. The normalized spacial score (nSPS) is 32.1. The third-order valence-corrected chi connectivity index (χ3v) is 6.43. The first-order valence-electron chi connectivity index (χ1n) is 9.71. The van der Waals surface area contributed by atoms with E-state index in [2.05, 4.69) is 20.9 Å². The summed E-state index contributed by atoms with van der Waals surface area (Å²) in [5, 5.41) is 18.9. The Kier molecular flexibility index (Phi) is 4.58. The van der Waals surface area contributed by atoms with Gasteiger partial charge in [0, 0.05) is 31.9 Å². The molecule has 6 heteroatoms. The standard InChI is InChI=1S/C20H26N4O2/c21-13-15-6-9-22-18(12-15)23-10-1-7-20(14-23)8-11-24(19(20)26)16-2-4-17(25)5-3-16/h6,9,12,16-17,25H,1-5,7-8,10-11,14H2/t16-,17-,20-/m1/s1. The van der Waals surface area contributed by atoms with E-state index in [4.69, 9.17) is 5.26 Å². The third-order valence-electron chi connectivity index (χ3n) is 6.43. The van der Waals surface area contributed by atoms with E-state index in [1.807, 2.05) is 6.07 Å². The van der Waals surface area contributed by atoms with Gasteiger partial charge < -0.3 is 14.9 Å². The van der Waals surface area contributed by atoms with Crippen LogP contribution in [0.1, 0.15) is 50.5 Å². The minimum absolute atomic E-state index is 0.193. The summed E-state index contributed by atoms with van der Waals surface area (Å²) in [6, 6.07) is 5.99. The molecule has 0 aromatic carbocycles. The molecular formula is C20H26N4O2. The minimum atomic E-state index is -0.307. The molecule has 1 spiro atoms. The van der Waals surface area contributed by atoms with Gasteiger partial charge in [0.15, 0.2) is 0 Å². The van der Waals surface area contributed by atoms with Crippen molar-refractivity contribution in [2.75, 3.05) is 24.5 Å². The van der Waals surface area contributed by atoms with Crippen molar-refractivity contribution in [1.82, 2.24) is 9.88 Å². The van der Waals surface area contributed by atoms with Crippen molar-refractivity contribution in [2.45, 2.75) is 57.1 Å². The lowest BCUT2D eigenvalue weighted by molar-refractivity contribution is -0.139. The Morgan fingerprint density at radius 3 is 2.81 bits per heavy atom. The van der Waals surface area contributed by atoms with Crippen LogP contribution in [0.5, 0.6) is 0 Å². The first-order chi connectivity index (χ1) is 12.6. The number of aromatic nitrogens is 1. The quantitative estimate of drug-likeness (QED) is 0.879. The number of rotatable bonds is 2. The van der Waals surface area contributed by atoms with Crippen LogP contribution in [0.3, 0.4) is 0 Å². The molecule has 3 aliphatic rings. The summed E-state index contributed by atoms with van der Waals surface area (Å²) in [5.41, 5.74) is 0.299. The second kappa shape index (κ2) is 6.88. The van der Waals surface area contributed by atoms with Crippen molar-refractivity contribution in [3.63, 3.8) is 0 Å². The second-order valence-corrected chi connectivity index (χ2v) is 8.03. The lowest BCUT2D eigenvalue weighted by Gasteiger charge is -2.41. The highest BCUT2D eigenvalue weighted by Crippen LogP contribution is 2.43. The fraction of sp³-hybridized carbons (Fsp3) is 0.650. The van der Waals surface area contributed by atoms with Gasteiger partial charge in [0.25, 0.3) is 0 Å². The van der Waals surface area contributed by atoms with Gasteiger partial charge in [-0.1, -0.05) is 0 Å². The van der Waals surface area contributed by atoms with Crippen molar-refractivity contribution in [3.8, 4) is 6.07 Å². The van der Waals surface area contributed by atoms with Gasteiger partial charge in [0.2, 0.25) is 5.91 Å². The summed E-state index contributed by atoms with van der Waals surface area (Å²) in [5.74, 6) is 1.09. The van der Waals surface area contributed by atoms with Crippen LogP contribution in [-0.2, 0) is 4.79 Å². The van der Waals surface area contributed by atoms with Crippen LogP contribution in [0, 0.1) is 16.7 Å². The molecule has 1 saturated carbocycles. The molecule has 26 heavy (non-hydrogen) atoms. The fourth-order valence-electron chi connectivity index (χ4n) is 4.93. The molecule has 1 atom stereocenters. The Balaban J connectivity index is 1.50. The number of amides is 1.